The van der Waals surface area contributed by atoms with Gasteiger partial charge in [0.1, 0.15) is 11.6 Å². The summed E-state index contributed by atoms with van der Waals surface area (Å²) >= 11 is 0. The van der Waals surface area contributed by atoms with Crippen LogP contribution in [0.3, 0.4) is 0 Å². The van der Waals surface area contributed by atoms with Crippen molar-refractivity contribution in [3.63, 3.8) is 0 Å². The van der Waals surface area contributed by atoms with E-state index < -0.39 is 0 Å². The Labute approximate surface area is 168 Å². The molecule has 148 valence electrons. The van der Waals surface area contributed by atoms with Gasteiger partial charge in [-0.2, -0.15) is 4.98 Å². The third kappa shape index (κ3) is 5.03. The molecule has 0 saturated carbocycles. The van der Waals surface area contributed by atoms with E-state index in [1.807, 2.05) is 12.3 Å². The molecule has 1 aliphatic heterocycles. The number of hydrogen-bond donors (Lipinski definition) is 1. The van der Waals surface area contributed by atoms with Crippen LogP contribution in [0.4, 0.5) is 4.39 Å². The van der Waals surface area contributed by atoms with E-state index in [1.54, 1.807) is 18.3 Å². The average Bonchev–Trinajstić information content (AvgIpc) is 3.16. The Hall–Kier alpha value is -2.55. The van der Waals surface area contributed by atoms with Crippen molar-refractivity contribution in [2.24, 2.45) is 0 Å². The highest BCUT2D eigenvalue weighted by Crippen LogP contribution is 2.23. The van der Waals surface area contributed by atoms with Crippen LogP contribution in [0.15, 0.2) is 53.3 Å². The predicted molar refractivity (Wildman–Crippen MR) is 103 cm³/mol. The molecule has 0 radical (unpaired) electrons. The minimum atomic E-state index is -0.302. The van der Waals surface area contributed by atoms with Crippen LogP contribution in [-0.4, -0.2) is 39.7 Å². The first kappa shape index (κ1) is 20.2. The maximum atomic E-state index is 12.9. The molecule has 1 unspecified atom stereocenters. The number of piperazine rings is 1. The molecule has 1 aromatic carbocycles. The fraction of sp³-hybridized carbons (Fsp3) is 0.316. The molecule has 0 aliphatic carbocycles. The summed E-state index contributed by atoms with van der Waals surface area (Å²) in [5, 5.41) is 7.39. The average molecular weight is 406 g/mol. The monoisotopic (exact) mass is 405 g/mol. The van der Waals surface area contributed by atoms with Gasteiger partial charge in [-0.05, 0) is 35.9 Å². The van der Waals surface area contributed by atoms with Gasteiger partial charge in [-0.3, -0.25) is 9.88 Å². The van der Waals surface area contributed by atoms with Crippen molar-refractivity contribution in [3.8, 4) is 5.75 Å². The predicted octanol–water partition coefficient (Wildman–Crippen LogP) is 2.75. The fourth-order valence-electron chi connectivity index (χ4n) is 3.10. The van der Waals surface area contributed by atoms with Gasteiger partial charge < -0.3 is 14.6 Å². The summed E-state index contributed by atoms with van der Waals surface area (Å²) in [4.78, 5) is 10.9. The van der Waals surface area contributed by atoms with Crippen LogP contribution in [-0.2, 0) is 13.2 Å². The van der Waals surface area contributed by atoms with Crippen molar-refractivity contribution in [2.75, 3.05) is 19.6 Å². The Morgan fingerprint density at radius 2 is 2.11 bits per heavy atom. The molecule has 1 atom stereocenters. The fourth-order valence-corrected chi connectivity index (χ4v) is 3.10. The first-order chi connectivity index (χ1) is 13.3. The van der Waals surface area contributed by atoms with Crippen molar-refractivity contribution in [1.82, 2.24) is 25.3 Å². The Kier molecular flexibility index (Phi) is 6.91. The summed E-state index contributed by atoms with van der Waals surface area (Å²) < 4.78 is 23.9. The van der Waals surface area contributed by atoms with Crippen molar-refractivity contribution in [1.29, 1.82) is 0 Å². The van der Waals surface area contributed by atoms with Gasteiger partial charge in [0.15, 0.2) is 6.61 Å². The van der Waals surface area contributed by atoms with Crippen molar-refractivity contribution in [2.45, 2.75) is 19.2 Å². The highest BCUT2D eigenvalue weighted by molar-refractivity contribution is 5.85. The Bertz CT molecular complexity index is 862. The molecule has 1 aliphatic rings. The van der Waals surface area contributed by atoms with Crippen LogP contribution in [0.5, 0.6) is 5.75 Å². The van der Waals surface area contributed by atoms with Gasteiger partial charge in [0.05, 0.1) is 6.54 Å². The van der Waals surface area contributed by atoms with Gasteiger partial charge in [0.2, 0.25) is 11.7 Å². The quantitative estimate of drug-likeness (QED) is 0.675. The summed E-state index contributed by atoms with van der Waals surface area (Å²) in [5.41, 5.74) is 1.16. The Morgan fingerprint density at radius 1 is 1.25 bits per heavy atom. The molecule has 4 rings (SSSR count). The lowest BCUT2D eigenvalue weighted by Crippen LogP contribution is -2.45. The molecular formula is C19H21ClFN5O2. The van der Waals surface area contributed by atoms with Gasteiger partial charge in [-0.15, -0.1) is 12.4 Å². The molecular weight excluding hydrogens is 385 g/mol. The van der Waals surface area contributed by atoms with Crippen molar-refractivity contribution < 1.29 is 13.7 Å². The summed E-state index contributed by atoms with van der Waals surface area (Å²) in [6.45, 7) is 3.36. The van der Waals surface area contributed by atoms with Crippen molar-refractivity contribution >= 4 is 12.4 Å². The van der Waals surface area contributed by atoms with Gasteiger partial charge >= 0.3 is 0 Å². The van der Waals surface area contributed by atoms with Crippen LogP contribution in [0.25, 0.3) is 0 Å². The molecule has 0 spiro atoms. The second kappa shape index (κ2) is 9.59. The van der Waals surface area contributed by atoms with E-state index in [0.29, 0.717) is 24.0 Å². The number of benzene rings is 1. The molecule has 2 aromatic heterocycles. The van der Waals surface area contributed by atoms with E-state index in [-0.39, 0.29) is 30.9 Å². The summed E-state index contributed by atoms with van der Waals surface area (Å²) in [5.74, 6) is 1.26. The largest absolute Gasteiger partial charge is 0.485 e. The summed E-state index contributed by atoms with van der Waals surface area (Å²) in [6.07, 6.45) is 3.66. The second-order valence-electron chi connectivity index (χ2n) is 6.32. The van der Waals surface area contributed by atoms with Gasteiger partial charge in [-0.1, -0.05) is 11.2 Å². The number of ether oxygens (including phenoxy) is 1. The van der Waals surface area contributed by atoms with E-state index in [1.165, 1.54) is 12.1 Å². The van der Waals surface area contributed by atoms with E-state index in [4.69, 9.17) is 9.26 Å². The molecule has 1 saturated heterocycles. The minimum absolute atomic E-state index is 0. The first-order valence-electron chi connectivity index (χ1n) is 8.82. The maximum absolute atomic E-state index is 12.9. The molecule has 3 aromatic rings. The third-order valence-corrected chi connectivity index (χ3v) is 4.45. The maximum Gasteiger partial charge on any atom is 0.240 e. The van der Waals surface area contributed by atoms with Crippen LogP contribution >= 0.6 is 12.4 Å². The SMILES string of the molecule is Cl.Fc1ccc(OCc2noc(CN3CCNCC3c3cccnc3)n2)cc1. The summed E-state index contributed by atoms with van der Waals surface area (Å²) in [6, 6.07) is 10.1. The molecule has 0 bridgehead atoms. The Morgan fingerprint density at radius 3 is 2.89 bits per heavy atom. The lowest BCUT2D eigenvalue weighted by Gasteiger charge is -2.35. The van der Waals surface area contributed by atoms with Crippen LogP contribution in [0, 0.1) is 5.82 Å². The molecule has 1 fully saturated rings. The lowest BCUT2D eigenvalue weighted by molar-refractivity contribution is 0.135. The van der Waals surface area contributed by atoms with Gasteiger partial charge in [-0.25, -0.2) is 4.39 Å². The smallest absolute Gasteiger partial charge is 0.240 e. The molecule has 28 heavy (non-hydrogen) atoms. The zero-order chi connectivity index (χ0) is 18.5. The minimum Gasteiger partial charge on any atom is -0.485 e. The van der Waals surface area contributed by atoms with Crippen molar-refractivity contribution in [3.05, 3.63) is 71.9 Å². The molecule has 7 nitrogen and oxygen atoms in total. The number of pyridine rings is 1. The van der Waals surface area contributed by atoms with E-state index in [9.17, 15) is 4.39 Å². The zero-order valence-electron chi connectivity index (χ0n) is 15.1. The normalized spacial score (nSPS) is 17.1. The molecule has 9 heteroatoms. The number of hydrogen-bond acceptors (Lipinski definition) is 7. The molecule has 0 amide bonds. The number of nitrogens with one attached hydrogen (secondary N) is 1. The lowest BCUT2D eigenvalue weighted by atomic mass is 10.1. The molecule has 3 heterocycles. The van der Waals surface area contributed by atoms with Crippen LogP contribution in [0.1, 0.15) is 23.3 Å². The number of aromatic nitrogens is 3. The third-order valence-electron chi connectivity index (χ3n) is 4.45. The van der Waals surface area contributed by atoms with Crippen LogP contribution in [0.2, 0.25) is 0 Å². The Balaban J connectivity index is 0.00000225. The van der Waals surface area contributed by atoms with E-state index >= 15 is 0 Å². The highest BCUT2D eigenvalue weighted by Gasteiger charge is 2.25. The van der Waals surface area contributed by atoms with Gasteiger partial charge in [0.25, 0.3) is 0 Å². The number of rotatable bonds is 6. The second-order valence-corrected chi connectivity index (χ2v) is 6.32. The topological polar surface area (TPSA) is 76.3 Å². The van der Waals surface area contributed by atoms with Crippen LogP contribution < -0.4 is 10.1 Å². The highest BCUT2D eigenvalue weighted by atomic mass is 35.5. The zero-order valence-corrected chi connectivity index (χ0v) is 15.9. The number of halogens is 2. The van der Waals surface area contributed by atoms with E-state index in [2.05, 4.69) is 31.4 Å². The standard InChI is InChI=1S/C19H20FN5O2.ClH/c20-15-3-5-16(6-4-15)26-13-18-23-19(27-24-18)12-25-9-8-22-11-17(25)14-2-1-7-21-10-14;/h1-7,10,17,22H,8-9,11-13H2;1H. The molecule has 1 N–H and O–H groups in total. The first-order valence-corrected chi connectivity index (χ1v) is 8.82. The van der Waals surface area contributed by atoms with Gasteiger partial charge in [0, 0.05) is 38.1 Å². The summed E-state index contributed by atoms with van der Waals surface area (Å²) in [7, 11) is 0. The number of nitrogens with zero attached hydrogens (tertiary/aromatic N) is 4. The van der Waals surface area contributed by atoms with E-state index in [0.717, 1.165) is 25.2 Å².